The maximum absolute atomic E-state index is 12.6. The number of nitrogens with one attached hydrogen (secondary N) is 1. The Labute approximate surface area is 150 Å². The highest BCUT2D eigenvalue weighted by Crippen LogP contribution is 2.22. The molecular formula is C19H32N4O2. The van der Waals surface area contributed by atoms with Crippen molar-refractivity contribution >= 4 is 5.91 Å². The molecule has 0 aliphatic carbocycles. The lowest BCUT2D eigenvalue weighted by Gasteiger charge is -2.43. The summed E-state index contributed by atoms with van der Waals surface area (Å²) in [6.07, 6.45) is 4.14. The van der Waals surface area contributed by atoms with E-state index in [1.54, 1.807) is 0 Å². The van der Waals surface area contributed by atoms with Crippen molar-refractivity contribution in [1.29, 1.82) is 0 Å². The standard InChI is InChI=1S/C19H32N4O2/c1-13-11-23(12-14(2)25-13)17-7-9-22(10-8-17)19(24)6-5-18-15(3)20-21-16(18)4/h13-14,17H,5-12H2,1-4H3,(H,20,21)/t13-,14+. The zero-order valence-corrected chi connectivity index (χ0v) is 16.0. The van der Waals surface area contributed by atoms with Gasteiger partial charge in [-0.15, -0.1) is 0 Å². The van der Waals surface area contributed by atoms with Crippen LogP contribution in [-0.2, 0) is 16.0 Å². The molecule has 0 saturated carbocycles. The van der Waals surface area contributed by atoms with Crippen LogP contribution in [-0.4, -0.2) is 70.3 Å². The first-order chi connectivity index (χ1) is 11.9. The van der Waals surface area contributed by atoms with E-state index in [0.717, 1.165) is 56.8 Å². The van der Waals surface area contributed by atoms with Crippen molar-refractivity contribution in [3.05, 3.63) is 17.0 Å². The molecule has 0 unspecified atom stereocenters. The van der Waals surface area contributed by atoms with E-state index in [0.29, 0.717) is 24.7 Å². The molecule has 1 N–H and O–H groups in total. The predicted octanol–water partition coefficient (Wildman–Crippen LogP) is 2.06. The van der Waals surface area contributed by atoms with Gasteiger partial charge in [0.05, 0.1) is 17.9 Å². The summed E-state index contributed by atoms with van der Waals surface area (Å²) in [7, 11) is 0. The van der Waals surface area contributed by atoms with Gasteiger partial charge >= 0.3 is 0 Å². The zero-order chi connectivity index (χ0) is 18.0. The van der Waals surface area contributed by atoms with E-state index in [1.165, 1.54) is 5.56 Å². The number of aromatic nitrogens is 2. The fraction of sp³-hybridized carbons (Fsp3) is 0.789. The van der Waals surface area contributed by atoms with Crippen molar-refractivity contribution in [2.45, 2.75) is 71.6 Å². The summed E-state index contributed by atoms with van der Waals surface area (Å²) >= 11 is 0. The number of aromatic amines is 1. The van der Waals surface area contributed by atoms with Gasteiger partial charge < -0.3 is 9.64 Å². The van der Waals surface area contributed by atoms with E-state index in [2.05, 4.69) is 33.8 Å². The minimum atomic E-state index is 0.280. The Kier molecular flexibility index (Phi) is 5.79. The highest BCUT2D eigenvalue weighted by Gasteiger charge is 2.31. The Bertz CT molecular complexity index is 563. The minimum absolute atomic E-state index is 0.280. The molecule has 2 aliphatic heterocycles. The smallest absolute Gasteiger partial charge is 0.222 e. The van der Waals surface area contributed by atoms with Crippen molar-refractivity contribution in [1.82, 2.24) is 20.0 Å². The molecule has 3 rings (SSSR count). The summed E-state index contributed by atoms with van der Waals surface area (Å²) in [4.78, 5) is 17.2. The summed E-state index contributed by atoms with van der Waals surface area (Å²) in [5.41, 5.74) is 3.29. The third kappa shape index (κ3) is 4.42. The number of amides is 1. The number of H-pyrrole nitrogens is 1. The number of nitrogens with zero attached hydrogens (tertiary/aromatic N) is 3. The Hall–Kier alpha value is -1.40. The van der Waals surface area contributed by atoms with Crippen molar-refractivity contribution in [2.24, 2.45) is 0 Å². The van der Waals surface area contributed by atoms with Crippen molar-refractivity contribution in [3.8, 4) is 0 Å². The van der Waals surface area contributed by atoms with Gasteiger partial charge in [0.25, 0.3) is 0 Å². The Balaban J connectivity index is 1.46. The number of aryl methyl sites for hydroxylation is 2. The van der Waals surface area contributed by atoms with Crippen molar-refractivity contribution in [2.75, 3.05) is 26.2 Å². The van der Waals surface area contributed by atoms with E-state index in [-0.39, 0.29) is 5.91 Å². The Morgan fingerprint density at radius 3 is 2.40 bits per heavy atom. The maximum Gasteiger partial charge on any atom is 0.222 e. The molecule has 1 aromatic rings. The number of ether oxygens (including phenoxy) is 1. The quantitative estimate of drug-likeness (QED) is 0.905. The van der Waals surface area contributed by atoms with Crippen LogP contribution in [0.3, 0.4) is 0 Å². The van der Waals surface area contributed by atoms with E-state index in [4.69, 9.17) is 4.74 Å². The average Bonchev–Trinajstić information content (AvgIpc) is 2.90. The maximum atomic E-state index is 12.6. The number of morpholine rings is 1. The summed E-state index contributed by atoms with van der Waals surface area (Å²) < 4.78 is 5.84. The topological polar surface area (TPSA) is 61.5 Å². The molecule has 25 heavy (non-hydrogen) atoms. The number of piperidine rings is 1. The molecule has 6 nitrogen and oxygen atoms in total. The van der Waals surface area contributed by atoms with Gasteiger partial charge in [-0.25, -0.2) is 0 Å². The molecule has 1 aromatic heterocycles. The van der Waals surface area contributed by atoms with Gasteiger partial charge in [0, 0.05) is 44.3 Å². The monoisotopic (exact) mass is 348 g/mol. The highest BCUT2D eigenvalue weighted by atomic mass is 16.5. The van der Waals surface area contributed by atoms with Crippen LogP contribution >= 0.6 is 0 Å². The van der Waals surface area contributed by atoms with Gasteiger partial charge in [0.15, 0.2) is 0 Å². The summed E-state index contributed by atoms with van der Waals surface area (Å²) in [5, 5.41) is 7.21. The number of carbonyl (C=O) groups is 1. The molecule has 6 heteroatoms. The van der Waals surface area contributed by atoms with Gasteiger partial charge in [-0.05, 0) is 52.5 Å². The molecule has 1 amide bonds. The first-order valence-corrected chi connectivity index (χ1v) is 9.61. The SMILES string of the molecule is Cc1n[nH]c(C)c1CCC(=O)N1CCC(N2C[C@@H](C)O[C@@H](C)C2)CC1. The highest BCUT2D eigenvalue weighted by molar-refractivity contribution is 5.76. The van der Waals surface area contributed by atoms with Gasteiger partial charge in [-0.3, -0.25) is 14.8 Å². The fourth-order valence-corrected chi connectivity index (χ4v) is 4.33. The molecule has 2 fully saturated rings. The molecule has 0 spiro atoms. The summed E-state index contributed by atoms with van der Waals surface area (Å²) in [6.45, 7) is 12.1. The number of hydrogen-bond acceptors (Lipinski definition) is 4. The molecular weight excluding hydrogens is 316 g/mol. The Morgan fingerprint density at radius 1 is 1.20 bits per heavy atom. The molecule has 0 bridgehead atoms. The number of likely N-dealkylation sites (tertiary alicyclic amines) is 1. The van der Waals surface area contributed by atoms with Crippen LogP contribution in [0.25, 0.3) is 0 Å². The largest absolute Gasteiger partial charge is 0.373 e. The van der Waals surface area contributed by atoms with E-state index >= 15 is 0 Å². The first kappa shape index (κ1) is 18.4. The van der Waals surface area contributed by atoms with E-state index < -0.39 is 0 Å². The Morgan fingerprint density at radius 2 is 1.84 bits per heavy atom. The predicted molar refractivity (Wildman–Crippen MR) is 97.6 cm³/mol. The molecule has 2 atom stereocenters. The van der Waals surface area contributed by atoms with E-state index in [1.807, 2.05) is 13.8 Å². The van der Waals surface area contributed by atoms with Crippen LogP contribution in [0.1, 0.15) is 50.1 Å². The zero-order valence-electron chi connectivity index (χ0n) is 16.0. The van der Waals surface area contributed by atoms with Crippen LogP contribution in [0, 0.1) is 13.8 Å². The number of rotatable bonds is 4. The van der Waals surface area contributed by atoms with Crippen LogP contribution in [0.4, 0.5) is 0 Å². The van der Waals surface area contributed by atoms with Gasteiger partial charge in [-0.1, -0.05) is 0 Å². The summed E-state index contributed by atoms with van der Waals surface area (Å²) in [6, 6.07) is 0.594. The molecule has 0 aromatic carbocycles. The van der Waals surface area contributed by atoms with Crippen LogP contribution in [0.5, 0.6) is 0 Å². The molecule has 2 aliphatic rings. The van der Waals surface area contributed by atoms with Crippen molar-refractivity contribution in [3.63, 3.8) is 0 Å². The summed E-state index contributed by atoms with van der Waals surface area (Å²) in [5.74, 6) is 0.280. The molecule has 3 heterocycles. The lowest BCUT2D eigenvalue weighted by molar-refractivity contribution is -0.134. The van der Waals surface area contributed by atoms with Gasteiger partial charge in [0.2, 0.25) is 5.91 Å². The number of hydrogen-bond donors (Lipinski definition) is 1. The second-order valence-corrected chi connectivity index (χ2v) is 7.74. The lowest BCUT2D eigenvalue weighted by Crippen LogP contribution is -2.53. The third-order valence-corrected chi connectivity index (χ3v) is 5.65. The van der Waals surface area contributed by atoms with Gasteiger partial charge in [0.1, 0.15) is 0 Å². The van der Waals surface area contributed by atoms with E-state index in [9.17, 15) is 4.79 Å². The lowest BCUT2D eigenvalue weighted by atomic mass is 10.00. The van der Waals surface area contributed by atoms with Crippen LogP contribution in [0.2, 0.25) is 0 Å². The fourth-order valence-electron chi connectivity index (χ4n) is 4.33. The average molecular weight is 348 g/mol. The normalized spacial score (nSPS) is 26.2. The molecule has 0 radical (unpaired) electrons. The van der Waals surface area contributed by atoms with Gasteiger partial charge in [-0.2, -0.15) is 5.10 Å². The number of carbonyl (C=O) groups excluding carboxylic acids is 1. The second-order valence-electron chi connectivity index (χ2n) is 7.74. The van der Waals surface area contributed by atoms with Crippen LogP contribution < -0.4 is 0 Å². The molecule has 140 valence electrons. The third-order valence-electron chi connectivity index (χ3n) is 5.65. The second kappa shape index (κ2) is 7.87. The minimum Gasteiger partial charge on any atom is -0.373 e. The van der Waals surface area contributed by atoms with Crippen LogP contribution in [0.15, 0.2) is 0 Å². The first-order valence-electron chi connectivity index (χ1n) is 9.61. The van der Waals surface area contributed by atoms with Crippen molar-refractivity contribution < 1.29 is 9.53 Å². The molecule has 2 saturated heterocycles.